The maximum atomic E-state index is 12.5. The molecular formula is C49H99NO4. The van der Waals surface area contributed by atoms with Gasteiger partial charge in [-0.05, 0) is 12.8 Å². The zero-order valence-electron chi connectivity index (χ0n) is 36.9. The quantitative estimate of drug-likeness (QED) is 0.0465. The van der Waals surface area contributed by atoms with E-state index in [0.717, 1.165) is 32.1 Å². The lowest BCUT2D eigenvalue weighted by Crippen LogP contribution is -2.50. The Kier molecular flexibility index (Phi) is 44.5. The fraction of sp³-hybridized carbons (Fsp3) is 0.980. The van der Waals surface area contributed by atoms with Crippen molar-refractivity contribution in [3.05, 3.63) is 0 Å². The van der Waals surface area contributed by atoms with E-state index < -0.39 is 18.2 Å². The Labute approximate surface area is 338 Å². The maximum absolute atomic E-state index is 12.5. The van der Waals surface area contributed by atoms with Crippen molar-refractivity contribution in [1.82, 2.24) is 5.32 Å². The molecule has 54 heavy (non-hydrogen) atoms. The third-order valence-corrected chi connectivity index (χ3v) is 12.0. The van der Waals surface area contributed by atoms with Crippen molar-refractivity contribution >= 4 is 5.91 Å². The van der Waals surface area contributed by atoms with Crippen molar-refractivity contribution in [3.8, 4) is 0 Å². The first-order valence-corrected chi connectivity index (χ1v) is 24.8. The fourth-order valence-corrected chi connectivity index (χ4v) is 8.11. The van der Waals surface area contributed by atoms with Crippen molar-refractivity contribution < 1.29 is 20.1 Å². The zero-order valence-corrected chi connectivity index (χ0v) is 36.9. The summed E-state index contributed by atoms with van der Waals surface area (Å²) in [6.45, 7) is 4.20. The lowest BCUT2D eigenvalue weighted by Gasteiger charge is -2.26. The molecule has 0 heterocycles. The summed E-state index contributed by atoms with van der Waals surface area (Å²) in [5, 5.41) is 33.6. The third-order valence-electron chi connectivity index (χ3n) is 12.0. The van der Waals surface area contributed by atoms with Crippen LogP contribution in [0.3, 0.4) is 0 Å². The molecule has 0 radical (unpaired) electrons. The predicted molar refractivity (Wildman–Crippen MR) is 236 cm³/mol. The molecule has 4 N–H and O–H groups in total. The topological polar surface area (TPSA) is 89.8 Å². The highest BCUT2D eigenvalue weighted by Crippen LogP contribution is 2.18. The predicted octanol–water partition coefficient (Wildman–Crippen LogP) is 14.6. The van der Waals surface area contributed by atoms with E-state index in [0.29, 0.717) is 12.8 Å². The number of amides is 1. The van der Waals surface area contributed by atoms with Crippen molar-refractivity contribution in [3.63, 3.8) is 0 Å². The summed E-state index contributed by atoms with van der Waals surface area (Å²) >= 11 is 0. The molecule has 0 aliphatic carbocycles. The number of carbonyl (C=O) groups excluding carboxylic acids is 1. The minimum Gasteiger partial charge on any atom is -0.394 e. The van der Waals surface area contributed by atoms with E-state index in [-0.39, 0.29) is 12.5 Å². The van der Waals surface area contributed by atoms with Gasteiger partial charge in [-0.3, -0.25) is 4.79 Å². The second kappa shape index (κ2) is 45.1. The second-order valence-corrected chi connectivity index (χ2v) is 17.4. The smallest absolute Gasteiger partial charge is 0.220 e. The maximum Gasteiger partial charge on any atom is 0.220 e. The number of rotatable bonds is 46. The van der Waals surface area contributed by atoms with Gasteiger partial charge >= 0.3 is 0 Å². The molecule has 5 nitrogen and oxygen atoms in total. The molecule has 0 aromatic carbocycles. The van der Waals surface area contributed by atoms with Crippen molar-refractivity contribution in [2.45, 2.75) is 302 Å². The number of carbonyl (C=O) groups is 1. The van der Waals surface area contributed by atoms with Gasteiger partial charge in [0.15, 0.2) is 0 Å². The van der Waals surface area contributed by atoms with E-state index in [9.17, 15) is 20.1 Å². The Bertz CT molecular complexity index is 718. The molecule has 0 saturated heterocycles. The van der Waals surface area contributed by atoms with Gasteiger partial charge in [0.1, 0.15) is 6.10 Å². The van der Waals surface area contributed by atoms with Crippen LogP contribution in [0.4, 0.5) is 0 Å². The molecule has 0 aliphatic heterocycles. The lowest BCUT2D eigenvalue weighted by atomic mass is 9.99. The van der Waals surface area contributed by atoms with Crippen LogP contribution in [-0.4, -0.2) is 46.1 Å². The summed E-state index contributed by atoms with van der Waals surface area (Å²) in [6.07, 6.45) is 52.4. The van der Waals surface area contributed by atoms with E-state index in [1.165, 1.54) is 225 Å². The molecule has 0 aromatic rings. The first-order chi connectivity index (χ1) is 26.6. The van der Waals surface area contributed by atoms with Gasteiger partial charge in [-0.25, -0.2) is 0 Å². The van der Waals surface area contributed by atoms with Gasteiger partial charge in [-0.15, -0.1) is 0 Å². The van der Waals surface area contributed by atoms with Gasteiger partial charge in [0.05, 0.1) is 18.8 Å². The second-order valence-electron chi connectivity index (χ2n) is 17.4. The van der Waals surface area contributed by atoms with Gasteiger partial charge in [-0.2, -0.15) is 0 Å². The Morgan fingerprint density at radius 2 is 0.630 bits per heavy atom. The van der Waals surface area contributed by atoms with Gasteiger partial charge in [0.25, 0.3) is 0 Å². The van der Waals surface area contributed by atoms with Crippen LogP contribution in [0.2, 0.25) is 0 Å². The highest BCUT2D eigenvalue weighted by Gasteiger charge is 2.26. The molecular weight excluding hydrogens is 667 g/mol. The minimum absolute atomic E-state index is 0.138. The number of nitrogens with one attached hydrogen (secondary N) is 1. The van der Waals surface area contributed by atoms with E-state index in [1.54, 1.807) is 0 Å². The number of hydrogen-bond donors (Lipinski definition) is 4. The van der Waals surface area contributed by atoms with Crippen LogP contribution in [-0.2, 0) is 4.79 Å². The lowest BCUT2D eigenvalue weighted by molar-refractivity contribution is -0.124. The van der Waals surface area contributed by atoms with Crippen LogP contribution in [0.15, 0.2) is 0 Å². The molecule has 0 rings (SSSR count). The fourth-order valence-electron chi connectivity index (χ4n) is 8.11. The SMILES string of the molecule is CCCCCCCCCCCCCCCCCCCCCCCCCCCCCC(=O)NC(CO)C(O)C(O)CCCCCCCCCCCCCCC. The van der Waals surface area contributed by atoms with Gasteiger partial charge in [-0.1, -0.05) is 264 Å². The van der Waals surface area contributed by atoms with Crippen LogP contribution in [0.5, 0.6) is 0 Å². The molecule has 0 aliphatic rings. The third kappa shape index (κ3) is 39.6. The van der Waals surface area contributed by atoms with Crippen LogP contribution in [0, 0.1) is 0 Å². The molecule has 0 fully saturated rings. The molecule has 324 valence electrons. The van der Waals surface area contributed by atoms with Crippen molar-refractivity contribution in [2.75, 3.05) is 6.61 Å². The Morgan fingerprint density at radius 1 is 0.389 bits per heavy atom. The number of aliphatic hydroxyl groups excluding tert-OH is 3. The van der Waals surface area contributed by atoms with Crippen LogP contribution < -0.4 is 5.32 Å². The molecule has 1 amide bonds. The Hall–Kier alpha value is -0.650. The van der Waals surface area contributed by atoms with Crippen molar-refractivity contribution in [1.29, 1.82) is 0 Å². The molecule has 0 saturated carbocycles. The number of unbranched alkanes of at least 4 members (excludes halogenated alkanes) is 38. The van der Waals surface area contributed by atoms with E-state index in [4.69, 9.17) is 0 Å². The number of hydrogen-bond acceptors (Lipinski definition) is 4. The van der Waals surface area contributed by atoms with Crippen LogP contribution in [0.1, 0.15) is 284 Å². The Morgan fingerprint density at radius 3 is 0.889 bits per heavy atom. The largest absolute Gasteiger partial charge is 0.394 e. The molecule has 3 atom stereocenters. The molecule has 0 aromatic heterocycles. The Balaban J connectivity index is 3.48. The van der Waals surface area contributed by atoms with E-state index in [2.05, 4.69) is 19.2 Å². The number of aliphatic hydroxyl groups is 3. The van der Waals surface area contributed by atoms with E-state index in [1.807, 2.05) is 0 Å². The van der Waals surface area contributed by atoms with E-state index >= 15 is 0 Å². The highest BCUT2D eigenvalue weighted by molar-refractivity contribution is 5.76. The standard InChI is InChI=1S/C49H99NO4/c1-3-5-7-9-11-13-15-17-18-19-20-21-22-23-24-25-26-27-28-29-30-32-34-36-38-40-42-44-48(53)50-46(45-51)49(54)47(52)43-41-39-37-35-33-31-16-14-12-10-8-6-4-2/h46-47,49,51-52,54H,3-45H2,1-2H3,(H,50,53). The first-order valence-electron chi connectivity index (χ1n) is 24.8. The van der Waals surface area contributed by atoms with Crippen LogP contribution >= 0.6 is 0 Å². The summed E-state index contributed by atoms with van der Waals surface area (Å²) in [4.78, 5) is 12.5. The summed E-state index contributed by atoms with van der Waals surface area (Å²) in [5.41, 5.74) is 0. The van der Waals surface area contributed by atoms with Gasteiger partial charge in [0.2, 0.25) is 5.91 Å². The monoisotopic (exact) mass is 766 g/mol. The molecule has 5 heteroatoms. The molecule has 3 unspecified atom stereocenters. The van der Waals surface area contributed by atoms with Crippen LogP contribution in [0.25, 0.3) is 0 Å². The average molecular weight is 766 g/mol. The molecule has 0 bridgehead atoms. The van der Waals surface area contributed by atoms with Gasteiger partial charge in [0, 0.05) is 6.42 Å². The summed E-state index contributed by atoms with van der Waals surface area (Å²) in [7, 11) is 0. The summed E-state index contributed by atoms with van der Waals surface area (Å²) in [6, 6.07) is -0.802. The van der Waals surface area contributed by atoms with Gasteiger partial charge < -0.3 is 20.6 Å². The summed E-state index contributed by atoms with van der Waals surface area (Å²) < 4.78 is 0. The average Bonchev–Trinajstić information content (AvgIpc) is 3.18. The normalized spacial score (nSPS) is 13.4. The molecule has 0 spiro atoms. The van der Waals surface area contributed by atoms with Crippen molar-refractivity contribution in [2.24, 2.45) is 0 Å². The zero-order chi connectivity index (χ0) is 39.4. The first kappa shape index (κ1) is 53.4. The minimum atomic E-state index is -1.13. The highest BCUT2D eigenvalue weighted by atomic mass is 16.3. The summed E-state index contributed by atoms with van der Waals surface area (Å²) in [5.74, 6) is -0.138.